The molecule has 0 heterocycles. The first-order chi connectivity index (χ1) is 7.68. The van der Waals surface area contributed by atoms with Crippen LogP contribution in [-0.2, 0) is 4.79 Å². The van der Waals surface area contributed by atoms with Gasteiger partial charge in [-0.1, -0.05) is 24.3 Å². The average molecular weight is 338 g/mol. The number of hydrogen-bond acceptors (Lipinski definition) is 1. The Morgan fingerprint density at radius 2 is 1.69 bits per heavy atom. The van der Waals surface area contributed by atoms with Gasteiger partial charge < -0.3 is 0 Å². The molecule has 1 aromatic rings. The topological polar surface area (TPSA) is 17.1 Å². The Hall–Kier alpha value is -0.930. The summed E-state index contributed by atoms with van der Waals surface area (Å²) in [6.45, 7) is 0. The molecule has 1 nitrogen and oxygen atoms in total. The molecule has 16 heavy (non-hydrogen) atoms. The lowest BCUT2D eigenvalue weighted by Crippen LogP contribution is -2.21. The van der Waals surface area contributed by atoms with Crippen molar-refractivity contribution in [2.45, 2.75) is 0 Å². The molecule has 0 spiro atoms. The minimum absolute atomic E-state index is 0.00260. The number of ketones is 1. The number of allylic oxidation sites excluding steroid dienone is 4. The van der Waals surface area contributed by atoms with Crippen LogP contribution in [0.4, 0.5) is 0 Å². The highest BCUT2D eigenvalue weighted by Crippen LogP contribution is 2.34. The summed E-state index contributed by atoms with van der Waals surface area (Å²) in [5, 5.41) is 2.34. The summed E-state index contributed by atoms with van der Waals surface area (Å²) >= 11 is 6.66. The van der Waals surface area contributed by atoms with Gasteiger partial charge in [0, 0.05) is 5.57 Å². The second-order valence-electron chi connectivity index (χ2n) is 3.69. The second kappa shape index (κ2) is 3.54. The zero-order valence-electron chi connectivity index (χ0n) is 8.13. The zero-order chi connectivity index (χ0) is 11.3. The lowest BCUT2D eigenvalue weighted by Gasteiger charge is -2.10. The van der Waals surface area contributed by atoms with E-state index in [1.165, 1.54) is 5.22 Å². The second-order valence-corrected chi connectivity index (χ2v) is 5.34. The Bertz CT molecular complexity index is 693. The maximum absolute atomic E-state index is 11.8. The molecule has 3 heteroatoms. The molecule has 0 fully saturated rings. The highest BCUT2D eigenvalue weighted by atomic mass is 79.9. The van der Waals surface area contributed by atoms with E-state index in [2.05, 4.69) is 44.0 Å². The van der Waals surface area contributed by atoms with Crippen LogP contribution in [0.1, 0.15) is 0 Å². The van der Waals surface area contributed by atoms with Crippen molar-refractivity contribution < 1.29 is 4.79 Å². The van der Waals surface area contributed by atoms with Gasteiger partial charge in [-0.05, 0) is 60.0 Å². The van der Waals surface area contributed by atoms with Gasteiger partial charge in [0.15, 0.2) is 0 Å². The smallest absolute Gasteiger partial charge is 0.207 e. The van der Waals surface area contributed by atoms with Crippen LogP contribution in [0.5, 0.6) is 0 Å². The van der Waals surface area contributed by atoms with Crippen LogP contribution in [0.2, 0.25) is 0 Å². The summed E-state index contributed by atoms with van der Waals surface area (Å²) in [5.41, 5.74) is 2.09. The SMILES string of the molecule is O=C1C(Br)=CC2=c3ccccc3=CC2=C1Br. The highest BCUT2D eigenvalue weighted by Gasteiger charge is 2.24. The van der Waals surface area contributed by atoms with Crippen LogP contribution in [-0.4, -0.2) is 5.78 Å². The molecule has 0 saturated carbocycles. The summed E-state index contributed by atoms with van der Waals surface area (Å²) in [5.74, 6) is 0.00260. The van der Waals surface area contributed by atoms with Gasteiger partial charge in [-0.3, -0.25) is 4.79 Å². The third-order valence-electron chi connectivity index (χ3n) is 2.76. The van der Waals surface area contributed by atoms with Crippen LogP contribution in [0.25, 0.3) is 11.6 Å². The Balaban J connectivity index is 2.48. The van der Waals surface area contributed by atoms with E-state index < -0.39 is 0 Å². The Morgan fingerprint density at radius 3 is 2.50 bits per heavy atom. The van der Waals surface area contributed by atoms with E-state index in [1.807, 2.05) is 24.3 Å². The molecular weight excluding hydrogens is 332 g/mol. The van der Waals surface area contributed by atoms with E-state index in [1.54, 1.807) is 0 Å². The lowest BCUT2D eigenvalue weighted by atomic mass is 10.0. The summed E-state index contributed by atoms with van der Waals surface area (Å²) in [6, 6.07) is 8.14. The van der Waals surface area contributed by atoms with Gasteiger partial charge in [0.2, 0.25) is 5.78 Å². The van der Waals surface area contributed by atoms with Gasteiger partial charge in [0.05, 0.1) is 8.96 Å². The summed E-state index contributed by atoms with van der Waals surface area (Å²) in [6.07, 6.45) is 3.94. The number of halogens is 2. The molecule has 0 aromatic heterocycles. The van der Waals surface area contributed by atoms with Crippen LogP contribution in [0.15, 0.2) is 44.9 Å². The molecule has 2 aliphatic rings. The minimum Gasteiger partial charge on any atom is -0.287 e. The number of benzene rings is 1. The van der Waals surface area contributed by atoms with Crippen molar-refractivity contribution in [3.8, 4) is 0 Å². The average Bonchev–Trinajstić information content (AvgIpc) is 2.65. The number of carbonyl (C=O) groups is 1. The third-order valence-corrected chi connectivity index (χ3v) is 4.14. The third kappa shape index (κ3) is 1.31. The van der Waals surface area contributed by atoms with Crippen molar-refractivity contribution in [1.29, 1.82) is 0 Å². The van der Waals surface area contributed by atoms with E-state index in [9.17, 15) is 4.79 Å². The Labute approximate surface area is 109 Å². The van der Waals surface area contributed by atoms with Crippen molar-refractivity contribution in [3.63, 3.8) is 0 Å². The van der Waals surface area contributed by atoms with E-state index in [0.717, 1.165) is 16.4 Å². The van der Waals surface area contributed by atoms with E-state index in [0.29, 0.717) is 8.96 Å². The molecule has 1 aromatic carbocycles. The molecule has 78 valence electrons. The number of carbonyl (C=O) groups excluding carboxylic acids is 1. The molecule has 0 saturated heterocycles. The quantitative estimate of drug-likeness (QED) is 0.709. The van der Waals surface area contributed by atoms with E-state index in [4.69, 9.17) is 0 Å². The Morgan fingerprint density at radius 1 is 0.938 bits per heavy atom. The first kappa shape index (κ1) is 10.2. The number of rotatable bonds is 0. The summed E-state index contributed by atoms with van der Waals surface area (Å²) in [4.78, 5) is 11.8. The fraction of sp³-hybridized carbons (Fsp3) is 0. The van der Waals surface area contributed by atoms with Gasteiger partial charge in [-0.25, -0.2) is 0 Å². The monoisotopic (exact) mass is 336 g/mol. The fourth-order valence-electron chi connectivity index (χ4n) is 2.00. The van der Waals surface area contributed by atoms with Crippen molar-refractivity contribution >= 4 is 49.3 Å². The summed E-state index contributed by atoms with van der Waals surface area (Å²) < 4.78 is 1.23. The largest absolute Gasteiger partial charge is 0.287 e. The maximum Gasteiger partial charge on any atom is 0.207 e. The number of hydrogen-bond donors (Lipinski definition) is 0. The van der Waals surface area contributed by atoms with Crippen LogP contribution >= 0.6 is 31.9 Å². The van der Waals surface area contributed by atoms with E-state index >= 15 is 0 Å². The molecule has 0 radical (unpaired) electrons. The normalized spacial score (nSPS) is 18.0. The molecule has 2 aliphatic carbocycles. The summed E-state index contributed by atoms with van der Waals surface area (Å²) in [7, 11) is 0. The van der Waals surface area contributed by atoms with Gasteiger partial charge >= 0.3 is 0 Å². The van der Waals surface area contributed by atoms with Gasteiger partial charge in [-0.2, -0.15) is 0 Å². The molecule has 0 atom stereocenters. The molecule has 0 bridgehead atoms. The van der Waals surface area contributed by atoms with Crippen molar-refractivity contribution in [2.75, 3.05) is 0 Å². The molecular formula is C13H6Br2O. The van der Waals surface area contributed by atoms with Gasteiger partial charge in [0.25, 0.3) is 0 Å². The molecule has 3 rings (SSSR count). The predicted molar refractivity (Wildman–Crippen MR) is 71.5 cm³/mol. The fourth-order valence-corrected chi connectivity index (χ4v) is 3.24. The van der Waals surface area contributed by atoms with Crippen molar-refractivity contribution in [1.82, 2.24) is 0 Å². The highest BCUT2D eigenvalue weighted by molar-refractivity contribution is 9.13. The standard InChI is InChI=1S/C13H6Br2O/c14-11-6-9-8-4-2-1-3-7(8)5-10(9)12(15)13(11)16/h1-6H. The van der Waals surface area contributed by atoms with Crippen LogP contribution in [0.3, 0.4) is 0 Å². The predicted octanol–water partition coefficient (Wildman–Crippen LogP) is 2.14. The van der Waals surface area contributed by atoms with Gasteiger partial charge in [-0.15, -0.1) is 0 Å². The Kier molecular flexibility index (Phi) is 2.26. The minimum atomic E-state index is 0.00260. The van der Waals surface area contributed by atoms with Crippen LogP contribution < -0.4 is 10.4 Å². The molecule has 0 unspecified atom stereocenters. The number of fused-ring (bicyclic) bond motifs is 2. The van der Waals surface area contributed by atoms with E-state index in [-0.39, 0.29) is 5.78 Å². The molecule has 0 N–H and O–H groups in total. The van der Waals surface area contributed by atoms with Gasteiger partial charge in [0.1, 0.15) is 0 Å². The number of Topliss-reactive ketones (excluding diaryl/α,β-unsaturated/α-hetero) is 1. The first-order valence-electron chi connectivity index (χ1n) is 4.81. The van der Waals surface area contributed by atoms with Crippen molar-refractivity contribution in [2.24, 2.45) is 0 Å². The molecule has 0 aliphatic heterocycles. The molecule has 0 amide bonds. The maximum atomic E-state index is 11.8. The lowest BCUT2D eigenvalue weighted by molar-refractivity contribution is -0.110. The van der Waals surface area contributed by atoms with Crippen molar-refractivity contribution in [3.05, 3.63) is 55.3 Å². The zero-order valence-corrected chi connectivity index (χ0v) is 11.3. The first-order valence-corrected chi connectivity index (χ1v) is 6.40. The van der Waals surface area contributed by atoms with Crippen LogP contribution in [0, 0.1) is 0 Å².